The van der Waals surface area contributed by atoms with Crippen LogP contribution in [0.5, 0.6) is 0 Å². The van der Waals surface area contributed by atoms with Gasteiger partial charge in [-0.25, -0.2) is 0 Å². The second-order valence-corrected chi connectivity index (χ2v) is 5.64. The number of aliphatic hydroxyl groups is 1. The second-order valence-electron chi connectivity index (χ2n) is 5.64. The molecule has 0 fully saturated rings. The van der Waals surface area contributed by atoms with E-state index in [0.29, 0.717) is 0 Å². The molecule has 0 radical (unpaired) electrons. The van der Waals surface area contributed by atoms with Gasteiger partial charge in [0.25, 0.3) is 0 Å². The number of hydrogen-bond donors (Lipinski definition) is 1. The van der Waals surface area contributed by atoms with Gasteiger partial charge in [-0.3, -0.25) is 0 Å². The Bertz CT molecular complexity index is 307. The van der Waals surface area contributed by atoms with Crippen molar-refractivity contribution in [1.82, 2.24) is 0 Å². The van der Waals surface area contributed by atoms with Crippen LogP contribution in [0.4, 0.5) is 0 Å². The zero-order valence-electron chi connectivity index (χ0n) is 12.0. The molecule has 0 aromatic heterocycles. The normalized spacial score (nSPS) is 18.9. The third-order valence-corrected chi connectivity index (χ3v) is 3.87. The molecule has 3 unspecified atom stereocenters. The number of hydrogen-bond acceptors (Lipinski definition) is 2. The molecule has 98 valence electrons. The van der Waals surface area contributed by atoms with E-state index in [9.17, 15) is 5.11 Å². The quantitative estimate of drug-likeness (QED) is 0.569. The van der Waals surface area contributed by atoms with Crippen molar-refractivity contribution in [2.75, 3.05) is 7.11 Å². The van der Waals surface area contributed by atoms with Gasteiger partial charge in [0.2, 0.25) is 0 Å². The summed E-state index contributed by atoms with van der Waals surface area (Å²) in [5, 5.41) is 10.2. The molecule has 17 heavy (non-hydrogen) atoms. The van der Waals surface area contributed by atoms with E-state index in [0.717, 1.165) is 12.0 Å². The lowest BCUT2D eigenvalue weighted by Gasteiger charge is -2.36. The third-order valence-electron chi connectivity index (χ3n) is 3.87. The Morgan fingerprint density at radius 3 is 2.24 bits per heavy atom. The highest BCUT2D eigenvalue weighted by Gasteiger charge is 2.35. The lowest BCUT2D eigenvalue weighted by molar-refractivity contribution is -0.0388. The fourth-order valence-electron chi connectivity index (χ4n) is 1.85. The van der Waals surface area contributed by atoms with Crippen LogP contribution in [0.3, 0.4) is 0 Å². The Balaban J connectivity index is 4.94. The predicted molar refractivity (Wildman–Crippen MR) is 72.6 cm³/mol. The van der Waals surface area contributed by atoms with E-state index >= 15 is 0 Å². The topological polar surface area (TPSA) is 29.5 Å². The van der Waals surface area contributed by atoms with Gasteiger partial charge < -0.3 is 9.84 Å². The van der Waals surface area contributed by atoms with Crippen LogP contribution in [-0.4, -0.2) is 23.4 Å². The van der Waals surface area contributed by atoms with Crippen molar-refractivity contribution in [3.8, 4) is 12.3 Å². The van der Waals surface area contributed by atoms with Crippen LogP contribution in [0.1, 0.15) is 41.0 Å². The van der Waals surface area contributed by atoms with Crippen LogP contribution < -0.4 is 0 Å². The smallest absolute Gasteiger partial charge is 0.128 e. The summed E-state index contributed by atoms with van der Waals surface area (Å²) in [7, 11) is 1.70. The Kier molecular flexibility index (Phi) is 5.45. The van der Waals surface area contributed by atoms with Gasteiger partial charge in [0.05, 0.1) is 5.60 Å². The molecule has 2 heteroatoms. The molecule has 0 aromatic rings. The predicted octanol–water partition coefficient (Wildman–Crippen LogP) is 3.01. The lowest BCUT2D eigenvalue weighted by atomic mass is 9.75. The summed E-state index contributed by atoms with van der Waals surface area (Å²) in [5.74, 6) is 2.61. The molecule has 0 aliphatic rings. The number of methoxy groups -OCH3 is 1. The Morgan fingerprint density at radius 1 is 1.47 bits per heavy atom. The summed E-state index contributed by atoms with van der Waals surface area (Å²) in [4.78, 5) is 0. The van der Waals surface area contributed by atoms with E-state index in [2.05, 4.69) is 19.4 Å². The molecule has 0 rings (SSSR count). The first kappa shape index (κ1) is 16.2. The lowest BCUT2D eigenvalue weighted by Crippen LogP contribution is -2.39. The Labute approximate surface area is 106 Å². The van der Waals surface area contributed by atoms with Crippen molar-refractivity contribution >= 4 is 0 Å². The second kappa shape index (κ2) is 5.71. The summed E-state index contributed by atoms with van der Waals surface area (Å²) in [6.45, 7) is 13.7. The van der Waals surface area contributed by atoms with E-state index in [4.69, 9.17) is 11.2 Å². The zero-order valence-corrected chi connectivity index (χ0v) is 12.0. The van der Waals surface area contributed by atoms with Crippen molar-refractivity contribution in [3.63, 3.8) is 0 Å². The summed E-state index contributed by atoms with van der Waals surface area (Å²) in [6.07, 6.45) is 6.15. The minimum atomic E-state index is -1.15. The number of rotatable bonds is 6. The van der Waals surface area contributed by atoms with Gasteiger partial charge >= 0.3 is 0 Å². The van der Waals surface area contributed by atoms with E-state index in [1.807, 2.05) is 20.8 Å². The van der Waals surface area contributed by atoms with Crippen molar-refractivity contribution < 1.29 is 9.84 Å². The van der Waals surface area contributed by atoms with Gasteiger partial charge in [0, 0.05) is 13.0 Å². The van der Waals surface area contributed by atoms with Crippen LogP contribution in [0.2, 0.25) is 0 Å². The number of ether oxygens (including phenoxy) is 1. The molecule has 2 nitrogen and oxygen atoms in total. The van der Waals surface area contributed by atoms with Crippen LogP contribution >= 0.6 is 0 Å². The molecule has 0 aliphatic carbocycles. The molecule has 0 spiro atoms. The molecule has 0 aromatic carbocycles. The first-order chi connectivity index (χ1) is 7.58. The average Bonchev–Trinajstić information content (AvgIpc) is 2.24. The zero-order chi connectivity index (χ0) is 13.9. The molecule has 0 saturated carbocycles. The summed E-state index contributed by atoms with van der Waals surface area (Å²) >= 11 is 0. The van der Waals surface area contributed by atoms with Crippen LogP contribution in [0.25, 0.3) is 0 Å². The molecular weight excluding hydrogens is 212 g/mol. The van der Waals surface area contributed by atoms with Crippen molar-refractivity contribution in [3.05, 3.63) is 12.2 Å². The molecule has 0 saturated heterocycles. The van der Waals surface area contributed by atoms with Gasteiger partial charge in [-0.1, -0.05) is 25.0 Å². The van der Waals surface area contributed by atoms with Crippen molar-refractivity contribution in [2.24, 2.45) is 11.8 Å². The van der Waals surface area contributed by atoms with E-state index in [1.54, 1.807) is 14.0 Å². The highest BCUT2D eigenvalue weighted by molar-refractivity contribution is 5.17. The highest BCUT2D eigenvalue weighted by Crippen LogP contribution is 2.34. The van der Waals surface area contributed by atoms with Crippen molar-refractivity contribution in [1.29, 1.82) is 0 Å². The van der Waals surface area contributed by atoms with Gasteiger partial charge in [-0.2, -0.15) is 0 Å². The molecular formula is C15H26O2. The molecule has 0 amide bonds. The standard InChI is InChI=1S/C15H26O2/c1-9-15(7,16)13(11(2)3)10-12(4)14(5,6)17-8/h1,12-13,16H,2,10H2,3-8H3. The minimum Gasteiger partial charge on any atom is -0.379 e. The molecule has 0 aliphatic heterocycles. The summed E-state index contributed by atoms with van der Waals surface area (Å²) in [6, 6.07) is 0. The molecule has 1 N–H and O–H groups in total. The summed E-state index contributed by atoms with van der Waals surface area (Å²) < 4.78 is 5.46. The Morgan fingerprint density at radius 2 is 1.94 bits per heavy atom. The maximum Gasteiger partial charge on any atom is 0.128 e. The fraction of sp³-hybridized carbons (Fsp3) is 0.733. The molecule has 3 atom stereocenters. The van der Waals surface area contributed by atoms with Gasteiger partial charge in [0.15, 0.2) is 0 Å². The fourth-order valence-corrected chi connectivity index (χ4v) is 1.85. The average molecular weight is 238 g/mol. The minimum absolute atomic E-state index is 0.114. The number of terminal acetylenes is 1. The van der Waals surface area contributed by atoms with Crippen LogP contribution in [-0.2, 0) is 4.74 Å². The van der Waals surface area contributed by atoms with E-state index in [-0.39, 0.29) is 17.4 Å². The van der Waals surface area contributed by atoms with Crippen LogP contribution in [0, 0.1) is 24.2 Å². The Hall–Kier alpha value is -0.780. The maximum absolute atomic E-state index is 10.2. The van der Waals surface area contributed by atoms with Gasteiger partial charge in [-0.15, -0.1) is 6.42 Å². The SMILES string of the molecule is C#CC(C)(O)C(CC(C)C(C)(C)OC)C(=C)C. The van der Waals surface area contributed by atoms with E-state index in [1.165, 1.54) is 0 Å². The van der Waals surface area contributed by atoms with Gasteiger partial charge in [0.1, 0.15) is 5.60 Å². The third kappa shape index (κ3) is 4.18. The first-order valence-electron chi connectivity index (χ1n) is 5.99. The monoisotopic (exact) mass is 238 g/mol. The molecule has 0 bridgehead atoms. The van der Waals surface area contributed by atoms with Crippen LogP contribution in [0.15, 0.2) is 12.2 Å². The largest absolute Gasteiger partial charge is 0.379 e. The van der Waals surface area contributed by atoms with E-state index < -0.39 is 5.60 Å². The van der Waals surface area contributed by atoms with Gasteiger partial charge in [-0.05, 0) is 40.0 Å². The summed E-state index contributed by atoms with van der Waals surface area (Å²) in [5.41, 5.74) is -0.478. The van der Waals surface area contributed by atoms with Crippen molar-refractivity contribution in [2.45, 2.75) is 52.2 Å². The maximum atomic E-state index is 10.2. The first-order valence-corrected chi connectivity index (χ1v) is 5.99. The molecule has 0 heterocycles. The highest BCUT2D eigenvalue weighted by atomic mass is 16.5.